The molecule has 3 aliphatic carbocycles. The van der Waals surface area contributed by atoms with Gasteiger partial charge in [-0.15, -0.1) is 0 Å². The van der Waals surface area contributed by atoms with Gasteiger partial charge in [0.05, 0.1) is 18.3 Å². The number of benzene rings is 1. The zero-order valence-electron chi connectivity index (χ0n) is 23.2. The molecule has 0 heterocycles. The third-order valence-corrected chi connectivity index (χ3v) is 8.13. The van der Waals surface area contributed by atoms with Gasteiger partial charge >= 0.3 is 6.09 Å². The molecule has 1 aromatic carbocycles. The molecule has 12 nitrogen and oxygen atoms in total. The van der Waals surface area contributed by atoms with Crippen LogP contribution < -0.4 is 11.1 Å². The number of Topliss-reactive ketones (excluding diaryl/α,β-unsaturated/α-hetero) is 2. The lowest BCUT2D eigenvalue weighted by Crippen LogP contribution is -2.73. The van der Waals surface area contributed by atoms with Gasteiger partial charge in [-0.25, -0.2) is 4.79 Å². The Balaban J connectivity index is 1.74. The molecule has 2 fully saturated rings. The Morgan fingerprint density at radius 2 is 1.85 bits per heavy atom. The van der Waals surface area contributed by atoms with Crippen LogP contribution in [0.4, 0.5) is 4.79 Å². The van der Waals surface area contributed by atoms with Gasteiger partial charge in [0.1, 0.15) is 17.4 Å². The number of primary amides is 1. The maximum atomic E-state index is 13.9. The summed E-state index contributed by atoms with van der Waals surface area (Å²) in [6.45, 7) is 5.97. The topological polar surface area (TPSA) is 200 Å². The molecule has 2 amide bonds. The Bertz CT molecular complexity index is 1300. The van der Waals surface area contributed by atoms with Gasteiger partial charge in [-0.1, -0.05) is 26.8 Å². The zero-order valence-corrected chi connectivity index (χ0v) is 23.2. The van der Waals surface area contributed by atoms with E-state index in [2.05, 4.69) is 5.32 Å². The number of carbonyl (C=O) groups excluding carboxylic acids is 4. The Morgan fingerprint density at radius 3 is 2.42 bits per heavy atom. The predicted octanol–water partition coefficient (Wildman–Crippen LogP) is 0.401. The lowest BCUT2D eigenvalue weighted by Gasteiger charge is -2.53. The molecule has 0 bridgehead atoms. The number of ether oxygens (including phenoxy) is 1. The number of phenolic OH excluding ortho intramolecular Hbond substituents is 1. The van der Waals surface area contributed by atoms with Gasteiger partial charge in [-0.05, 0) is 55.5 Å². The van der Waals surface area contributed by atoms with Crippen molar-refractivity contribution in [2.45, 2.75) is 57.9 Å². The minimum absolute atomic E-state index is 0.00828. The number of hydrogen-bond acceptors (Lipinski definition) is 10. The molecule has 2 unspecified atom stereocenters. The third-order valence-electron chi connectivity index (χ3n) is 8.13. The van der Waals surface area contributed by atoms with Gasteiger partial charge in [0.25, 0.3) is 0 Å². The summed E-state index contributed by atoms with van der Waals surface area (Å²) in [5.41, 5.74) is 3.23. The average molecular weight is 560 g/mol. The standard InChI is InChI=1S/C28H37N3O9/c1-27(2,3)11-40-26(38)30-10-12-6-7-16(32)18-14(12)8-13-9-15-20(31(4)5)22(34)19(25(29)37)24(36)28(15,39)23(35)17(13)21(18)33/h6-7,13,15,19-20,22,32-34,39H,8-11H2,1-5H3,(H2,29,37)(H,30,38)/t13-,15-,19?,20-,22?,28-/m1/s1. The molecule has 6 atom stereocenters. The number of aromatic hydroxyl groups is 1. The van der Waals surface area contributed by atoms with Crippen molar-refractivity contribution >= 4 is 29.3 Å². The summed E-state index contributed by atoms with van der Waals surface area (Å²) < 4.78 is 5.24. The summed E-state index contributed by atoms with van der Waals surface area (Å²) >= 11 is 0. The second-order valence-corrected chi connectivity index (χ2v) is 12.4. The molecule has 4 rings (SSSR count). The molecule has 0 aliphatic heterocycles. The van der Waals surface area contributed by atoms with E-state index in [1.54, 1.807) is 20.2 Å². The second-order valence-electron chi connectivity index (χ2n) is 12.4. The maximum Gasteiger partial charge on any atom is 0.407 e. The van der Waals surface area contributed by atoms with Crippen LogP contribution in [0.25, 0.3) is 5.76 Å². The first kappa shape index (κ1) is 29.5. The van der Waals surface area contributed by atoms with Crippen molar-refractivity contribution in [2.75, 3.05) is 20.7 Å². The number of amides is 2. The van der Waals surface area contributed by atoms with E-state index in [9.17, 15) is 39.6 Å². The summed E-state index contributed by atoms with van der Waals surface area (Å²) in [4.78, 5) is 53.1. The lowest BCUT2D eigenvalue weighted by molar-refractivity contribution is -0.184. The zero-order chi connectivity index (χ0) is 29.9. The van der Waals surface area contributed by atoms with Gasteiger partial charge in [-0.2, -0.15) is 0 Å². The Morgan fingerprint density at radius 1 is 1.20 bits per heavy atom. The Labute approximate surface area is 231 Å². The molecule has 218 valence electrons. The highest BCUT2D eigenvalue weighted by Crippen LogP contribution is 2.52. The SMILES string of the molecule is CN(C)[C@H]1C(O)C(C(N)=O)C(=O)[C@]2(O)C(=O)C3=C(O)c4c(O)ccc(CNC(=O)OCC(C)(C)C)c4C[C@@H]3C[C@H]12. The Hall–Kier alpha value is -3.48. The highest BCUT2D eigenvalue weighted by Gasteiger charge is 2.67. The number of carbonyl (C=O) groups is 4. The summed E-state index contributed by atoms with van der Waals surface area (Å²) in [6.07, 6.45) is -2.05. The average Bonchev–Trinajstić information content (AvgIpc) is 2.83. The van der Waals surface area contributed by atoms with Crippen LogP contribution in [0.15, 0.2) is 17.7 Å². The number of hydrogen-bond donors (Lipinski definition) is 6. The highest BCUT2D eigenvalue weighted by atomic mass is 16.5. The molecular formula is C28H37N3O9. The second kappa shape index (κ2) is 10.2. The van der Waals surface area contributed by atoms with Crippen LogP contribution in [0.1, 0.15) is 43.9 Å². The minimum Gasteiger partial charge on any atom is -0.507 e. The molecule has 40 heavy (non-hydrogen) atoms. The maximum absolute atomic E-state index is 13.9. The van der Waals surface area contributed by atoms with Gasteiger partial charge in [0.15, 0.2) is 11.4 Å². The number of phenols is 1. The smallest absolute Gasteiger partial charge is 0.407 e. The molecule has 2 saturated carbocycles. The van der Waals surface area contributed by atoms with Crippen LogP contribution in [0.3, 0.4) is 0 Å². The van der Waals surface area contributed by atoms with E-state index in [4.69, 9.17) is 10.5 Å². The molecule has 12 heteroatoms. The first-order valence-corrected chi connectivity index (χ1v) is 13.1. The Kier molecular flexibility index (Phi) is 7.50. The van der Waals surface area contributed by atoms with Crippen LogP contribution in [-0.4, -0.2) is 87.3 Å². The van der Waals surface area contributed by atoms with Crippen molar-refractivity contribution in [3.63, 3.8) is 0 Å². The highest BCUT2D eigenvalue weighted by molar-refractivity contribution is 6.25. The van der Waals surface area contributed by atoms with Crippen LogP contribution >= 0.6 is 0 Å². The van der Waals surface area contributed by atoms with Crippen molar-refractivity contribution in [1.29, 1.82) is 0 Å². The third kappa shape index (κ3) is 4.73. The number of nitrogens with zero attached hydrogens (tertiary/aromatic N) is 1. The molecule has 3 aliphatic rings. The molecule has 0 radical (unpaired) electrons. The molecule has 7 N–H and O–H groups in total. The van der Waals surface area contributed by atoms with E-state index in [-0.39, 0.29) is 48.3 Å². The molecule has 1 aromatic rings. The monoisotopic (exact) mass is 559 g/mol. The van der Waals surface area contributed by atoms with E-state index in [0.29, 0.717) is 11.1 Å². The van der Waals surface area contributed by atoms with Crippen molar-refractivity contribution in [3.05, 3.63) is 34.4 Å². The fourth-order valence-corrected chi connectivity index (χ4v) is 6.33. The number of nitrogens with one attached hydrogen (secondary N) is 1. The molecule has 0 saturated heterocycles. The number of alkyl carbamates (subject to hydrolysis) is 1. The summed E-state index contributed by atoms with van der Waals surface area (Å²) in [5.74, 6) is -8.00. The van der Waals surface area contributed by atoms with Gasteiger partial charge in [0.2, 0.25) is 11.7 Å². The molecular weight excluding hydrogens is 522 g/mol. The van der Waals surface area contributed by atoms with Crippen LogP contribution in [-0.2, 0) is 32.1 Å². The normalized spacial score (nSPS) is 29.9. The number of rotatable bonds is 5. The molecule has 0 spiro atoms. The number of aliphatic hydroxyl groups is 3. The van der Waals surface area contributed by atoms with Crippen molar-refractivity contribution in [2.24, 2.45) is 28.9 Å². The summed E-state index contributed by atoms with van der Waals surface area (Å²) in [5, 5.41) is 47.2. The van der Waals surface area contributed by atoms with Crippen LogP contribution in [0.2, 0.25) is 0 Å². The van der Waals surface area contributed by atoms with E-state index < -0.39 is 64.8 Å². The fraction of sp³-hybridized carbons (Fsp3) is 0.571. The first-order valence-electron chi connectivity index (χ1n) is 13.1. The quantitative estimate of drug-likeness (QED) is 0.274. The van der Waals surface area contributed by atoms with Gasteiger partial charge < -0.3 is 41.1 Å². The van der Waals surface area contributed by atoms with Crippen molar-refractivity contribution in [3.8, 4) is 5.75 Å². The number of nitrogens with two attached hydrogens (primary N) is 1. The number of likely N-dealkylation sites (N-methyl/N-ethyl adjacent to an activating group) is 1. The summed E-state index contributed by atoms with van der Waals surface area (Å²) in [7, 11) is 3.18. The van der Waals surface area contributed by atoms with Crippen LogP contribution in [0.5, 0.6) is 5.75 Å². The van der Waals surface area contributed by atoms with E-state index in [0.717, 1.165) is 0 Å². The van der Waals surface area contributed by atoms with Crippen molar-refractivity contribution < 1.29 is 44.3 Å². The molecule has 0 aromatic heterocycles. The predicted molar refractivity (Wildman–Crippen MR) is 142 cm³/mol. The van der Waals surface area contributed by atoms with E-state index in [1.165, 1.54) is 11.0 Å². The minimum atomic E-state index is -2.71. The number of fused-ring (bicyclic) bond motifs is 3. The number of ketones is 2. The van der Waals surface area contributed by atoms with Gasteiger partial charge in [0, 0.05) is 24.1 Å². The largest absolute Gasteiger partial charge is 0.507 e. The van der Waals surface area contributed by atoms with Crippen LogP contribution in [0, 0.1) is 23.2 Å². The first-order chi connectivity index (χ1) is 18.5. The van der Waals surface area contributed by atoms with E-state index in [1.807, 2.05) is 20.8 Å². The van der Waals surface area contributed by atoms with Gasteiger partial charge in [-0.3, -0.25) is 14.4 Å². The van der Waals surface area contributed by atoms with E-state index >= 15 is 0 Å². The number of aliphatic hydroxyl groups excluding tert-OH is 2. The fourth-order valence-electron chi connectivity index (χ4n) is 6.33. The summed E-state index contributed by atoms with van der Waals surface area (Å²) in [6, 6.07) is 1.92. The van der Waals surface area contributed by atoms with Crippen molar-refractivity contribution in [1.82, 2.24) is 10.2 Å². The lowest BCUT2D eigenvalue weighted by atomic mass is 9.54.